The van der Waals surface area contributed by atoms with Crippen LogP contribution in [0.15, 0.2) is 78.1 Å². The number of hydrogen-bond donors (Lipinski definition) is 2. The van der Waals surface area contributed by atoms with Crippen molar-refractivity contribution in [2.75, 3.05) is 49.9 Å². The maximum absolute atomic E-state index is 12.5. The van der Waals surface area contributed by atoms with E-state index in [9.17, 15) is 13.2 Å². The third-order valence-electron chi connectivity index (χ3n) is 5.44. The summed E-state index contributed by atoms with van der Waals surface area (Å²) < 4.78 is 27.5. The van der Waals surface area contributed by atoms with Gasteiger partial charge in [-0.3, -0.25) is 9.52 Å². The first-order chi connectivity index (χ1) is 16.9. The molecule has 0 aliphatic carbocycles. The van der Waals surface area contributed by atoms with E-state index < -0.39 is 10.0 Å². The molecule has 1 aliphatic rings. The van der Waals surface area contributed by atoms with Gasteiger partial charge in [0.15, 0.2) is 0 Å². The number of carbonyl (C=O) groups excluding carboxylic acids is 1. The molecule has 0 atom stereocenters. The van der Waals surface area contributed by atoms with Crippen LogP contribution in [0.1, 0.15) is 13.4 Å². The zero-order chi connectivity index (χ0) is 25.1. The molecule has 2 N–H and O–H groups in total. The summed E-state index contributed by atoms with van der Waals surface area (Å²) in [4.78, 5) is 24.4. The lowest BCUT2D eigenvalue weighted by molar-refractivity contribution is -0.131. The Hall–Kier alpha value is -3.50. The summed E-state index contributed by atoms with van der Waals surface area (Å²) in [5, 5.41) is 2.75. The van der Waals surface area contributed by atoms with Crippen molar-refractivity contribution in [3.05, 3.63) is 78.8 Å². The quantitative estimate of drug-likeness (QED) is 0.516. The molecule has 0 unspecified atom stereocenters. The van der Waals surface area contributed by atoms with Crippen LogP contribution in [0.3, 0.4) is 0 Å². The smallest absolute Gasteiger partial charge is 0.263 e. The van der Waals surface area contributed by atoms with Crippen molar-refractivity contribution in [3.63, 3.8) is 0 Å². The molecule has 0 saturated carbocycles. The molecule has 3 aromatic rings. The summed E-state index contributed by atoms with van der Waals surface area (Å²) in [7, 11) is 0.0282. The molecule has 0 radical (unpaired) electrons. The fraction of sp³-hybridized carbons (Fsp3) is 0.320. The minimum atomic E-state index is -3.72. The lowest BCUT2D eigenvalue weighted by Gasteiger charge is -2.36. The maximum Gasteiger partial charge on any atom is 0.263 e. The molecule has 4 rings (SSSR count). The van der Waals surface area contributed by atoms with Crippen molar-refractivity contribution in [2.24, 2.45) is 0 Å². The highest BCUT2D eigenvalue weighted by atomic mass is 32.2. The molecule has 9 nitrogen and oxygen atoms in total. The number of piperazine rings is 1. The number of aromatic nitrogens is 2. The summed E-state index contributed by atoms with van der Waals surface area (Å²) in [5.41, 5.74) is 2.10. The lowest BCUT2D eigenvalue weighted by atomic mass is 10.1. The van der Waals surface area contributed by atoms with E-state index in [4.69, 9.17) is 0 Å². The Labute approximate surface area is 208 Å². The van der Waals surface area contributed by atoms with E-state index in [1.807, 2.05) is 49.3 Å². The molecule has 188 valence electrons. The van der Waals surface area contributed by atoms with Gasteiger partial charge < -0.3 is 15.1 Å². The monoisotopic (exact) mass is 498 g/mol. The van der Waals surface area contributed by atoms with E-state index in [1.165, 1.54) is 24.2 Å². The number of anilines is 2. The molecule has 1 fully saturated rings. The molecule has 1 aromatic heterocycles. The first-order valence-corrected chi connectivity index (χ1v) is 13.0. The number of aryl methyl sites for hydroxylation is 1. The van der Waals surface area contributed by atoms with Gasteiger partial charge in [-0.1, -0.05) is 30.3 Å². The predicted molar refractivity (Wildman–Crippen MR) is 140 cm³/mol. The number of nitrogens with zero attached hydrogens (tertiary/aromatic N) is 4. The number of nitrogens with one attached hydrogen (secondary N) is 2. The van der Waals surface area contributed by atoms with Gasteiger partial charge in [0.25, 0.3) is 10.0 Å². The van der Waals surface area contributed by atoms with Crippen LogP contribution in [0, 0.1) is 0 Å². The third kappa shape index (κ3) is 7.76. The van der Waals surface area contributed by atoms with E-state index >= 15 is 0 Å². The fourth-order valence-electron chi connectivity index (χ4n) is 3.65. The van der Waals surface area contributed by atoms with Gasteiger partial charge in [-0.25, -0.2) is 18.4 Å². The minimum Gasteiger partial charge on any atom is -0.368 e. The van der Waals surface area contributed by atoms with Crippen LogP contribution >= 0.6 is 0 Å². The van der Waals surface area contributed by atoms with Crippen LogP contribution < -0.4 is 14.9 Å². The molecule has 0 bridgehead atoms. The highest BCUT2D eigenvalue weighted by molar-refractivity contribution is 7.92. The van der Waals surface area contributed by atoms with Crippen LogP contribution in [0.25, 0.3) is 0 Å². The van der Waals surface area contributed by atoms with E-state index in [1.54, 1.807) is 24.3 Å². The molecular weight excluding hydrogens is 464 g/mol. The first kappa shape index (κ1) is 26.1. The van der Waals surface area contributed by atoms with Crippen LogP contribution in [0.4, 0.5) is 11.5 Å². The summed E-state index contributed by atoms with van der Waals surface area (Å²) in [5.74, 6) is 0.392. The van der Waals surface area contributed by atoms with E-state index in [0.717, 1.165) is 12.1 Å². The molecular formula is C25H34N6O3S. The SMILES string of the molecule is CNC.O=C(CCc1ccccc1)N1CCN(c2ccc(S(=O)(=O)Nc3ccncn3)cc2)CC1.[HH]. The van der Waals surface area contributed by atoms with Crippen LogP contribution in [0.5, 0.6) is 0 Å². The summed E-state index contributed by atoms with van der Waals surface area (Å²) in [6.07, 6.45) is 4.02. The third-order valence-corrected chi connectivity index (χ3v) is 6.81. The Kier molecular flexibility index (Phi) is 9.56. The standard InChI is InChI=1S/C23H25N5O3S.C2H7N.H2/c29-23(11-6-19-4-2-1-3-5-19)28-16-14-27(15-17-28)20-7-9-21(10-8-20)32(30,31)26-22-12-13-24-18-25-22;1-3-2;/h1-5,7-10,12-13,18H,6,11,14-17H2,(H,24,25,26);3H,1-2H3;1H. The summed E-state index contributed by atoms with van der Waals surface area (Å²) >= 11 is 0. The van der Waals surface area contributed by atoms with Crippen LogP contribution in [0.2, 0.25) is 0 Å². The van der Waals surface area contributed by atoms with Gasteiger partial charge in [-0.15, -0.1) is 0 Å². The van der Waals surface area contributed by atoms with Crippen molar-refractivity contribution in [2.45, 2.75) is 17.7 Å². The van der Waals surface area contributed by atoms with Crippen molar-refractivity contribution in [1.29, 1.82) is 0 Å². The fourth-order valence-corrected chi connectivity index (χ4v) is 4.66. The molecule has 2 aromatic carbocycles. The Morgan fingerprint density at radius 1 is 0.971 bits per heavy atom. The van der Waals surface area contributed by atoms with Crippen LogP contribution in [-0.2, 0) is 21.2 Å². The maximum atomic E-state index is 12.5. The van der Waals surface area contributed by atoms with Gasteiger partial charge in [-0.2, -0.15) is 0 Å². The van der Waals surface area contributed by atoms with Crippen molar-refractivity contribution in [3.8, 4) is 0 Å². The average molecular weight is 499 g/mol. The molecule has 35 heavy (non-hydrogen) atoms. The van der Waals surface area contributed by atoms with Gasteiger partial charge >= 0.3 is 0 Å². The molecule has 1 amide bonds. The number of amides is 1. The zero-order valence-electron chi connectivity index (χ0n) is 20.1. The predicted octanol–water partition coefficient (Wildman–Crippen LogP) is 2.64. The Morgan fingerprint density at radius 2 is 1.63 bits per heavy atom. The van der Waals surface area contributed by atoms with Crippen LogP contribution in [-0.4, -0.2) is 69.5 Å². The van der Waals surface area contributed by atoms with Gasteiger partial charge in [0.05, 0.1) is 4.90 Å². The Balaban J connectivity index is 0.00000109. The van der Waals surface area contributed by atoms with Gasteiger partial charge in [0.1, 0.15) is 12.1 Å². The first-order valence-electron chi connectivity index (χ1n) is 11.5. The van der Waals surface area contributed by atoms with Crippen molar-refractivity contribution >= 4 is 27.4 Å². The summed E-state index contributed by atoms with van der Waals surface area (Å²) in [6, 6.07) is 18.3. The zero-order valence-corrected chi connectivity index (χ0v) is 20.9. The van der Waals surface area contributed by atoms with E-state index in [0.29, 0.717) is 32.6 Å². The number of benzene rings is 2. The second kappa shape index (κ2) is 12.8. The Bertz CT molecular complexity index is 1160. The number of carbonyl (C=O) groups is 1. The van der Waals surface area contributed by atoms with Crippen molar-refractivity contribution < 1.29 is 14.6 Å². The number of sulfonamides is 1. The minimum absolute atomic E-state index is 0. The Morgan fingerprint density at radius 3 is 2.23 bits per heavy atom. The highest BCUT2D eigenvalue weighted by Crippen LogP contribution is 2.21. The second-order valence-corrected chi connectivity index (χ2v) is 9.73. The van der Waals surface area contributed by atoms with Gasteiger partial charge in [0.2, 0.25) is 5.91 Å². The second-order valence-electron chi connectivity index (χ2n) is 8.05. The van der Waals surface area contributed by atoms with E-state index in [2.05, 4.69) is 24.9 Å². The number of hydrogen-bond acceptors (Lipinski definition) is 7. The van der Waals surface area contributed by atoms with E-state index in [-0.39, 0.29) is 18.0 Å². The molecule has 10 heteroatoms. The summed E-state index contributed by atoms with van der Waals surface area (Å²) in [6.45, 7) is 2.73. The molecule has 1 saturated heterocycles. The number of rotatable bonds is 7. The largest absolute Gasteiger partial charge is 0.368 e. The molecule has 2 heterocycles. The normalized spacial score (nSPS) is 13.5. The topological polar surface area (TPSA) is 108 Å². The molecule has 1 aliphatic heterocycles. The highest BCUT2D eigenvalue weighted by Gasteiger charge is 2.22. The van der Waals surface area contributed by atoms with Gasteiger partial charge in [0, 0.05) is 45.9 Å². The lowest BCUT2D eigenvalue weighted by Crippen LogP contribution is -2.48. The average Bonchev–Trinajstić information content (AvgIpc) is 2.89. The van der Waals surface area contributed by atoms with Crippen molar-refractivity contribution in [1.82, 2.24) is 20.2 Å². The van der Waals surface area contributed by atoms with Gasteiger partial charge in [-0.05, 0) is 56.4 Å². The molecule has 0 spiro atoms.